The highest BCUT2D eigenvalue weighted by Gasteiger charge is 2.13. The SMILES string of the molecule is CN1CCN(c2ccc(NCC(=O)NCc3ccc(Cl)cc3)cc2)CC1. The lowest BCUT2D eigenvalue weighted by Gasteiger charge is -2.34. The molecule has 0 aliphatic carbocycles. The number of nitrogens with zero attached hydrogens (tertiary/aromatic N) is 2. The number of nitrogens with one attached hydrogen (secondary N) is 2. The Morgan fingerprint density at radius 1 is 1.00 bits per heavy atom. The van der Waals surface area contributed by atoms with Crippen molar-refractivity contribution in [3.63, 3.8) is 0 Å². The first-order chi connectivity index (χ1) is 12.6. The largest absolute Gasteiger partial charge is 0.376 e. The van der Waals surface area contributed by atoms with Gasteiger partial charge in [0.2, 0.25) is 5.91 Å². The van der Waals surface area contributed by atoms with Crippen LogP contribution in [0.4, 0.5) is 11.4 Å². The zero-order valence-electron chi connectivity index (χ0n) is 15.0. The zero-order chi connectivity index (χ0) is 18.4. The summed E-state index contributed by atoms with van der Waals surface area (Å²) in [4.78, 5) is 16.7. The molecule has 2 aromatic carbocycles. The highest BCUT2D eigenvalue weighted by atomic mass is 35.5. The van der Waals surface area contributed by atoms with Gasteiger partial charge in [0.15, 0.2) is 0 Å². The fourth-order valence-corrected chi connectivity index (χ4v) is 3.03. The second kappa shape index (κ2) is 8.92. The first-order valence-corrected chi connectivity index (χ1v) is 9.26. The summed E-state index contributed by atoms with van der Waals surface area (Å²) < 4.78 is 0. The van der Waals surface area contributed by atoms with Crippen LogP contribution in [0, 0.1) is 0 Å². The molecule has 0 spiro atoms. The standard InChI is InChI=1S/C20H25ClN4O/c1-24-10-12-25(13-11-24)19-8-6-18(7-9-19)22-15-20(26)23-14-16-2-4-17(21)5-3-16/h2-9,22H,10-15H2,1H3,(H,23,26). The quantitative estimate of drug-likeness (QED) is 0.818. The number of anilines is 2. The lowest BCUT2D eigenvalue weighted by molar-refractivity contribution is -0.119. The third kappa shape index (κ3) is 5.38. The number of likely N-dealkylation sites (N-methyl/N-ethyl adjacent to an activating group) is 1. The fraction of sp³-hybridized carbons (Fsp3) is 0.350. The first-order valence-electron chi connectivity index (χ1n) is 8.89. The average Bonchev–Trinajstić information content (AvgIpc) is 2.67. The summed E-state index contributed by atoms with van der Waals surface area (Å²) >= 11 is 5.86. The van der Waals surface area contributed by atoms with E-state index in [4.69, 9.17) is 11.6 Å². The van der Waals surface area contributed by atoms with Crippen molar-refractivity contribution in [3.05, 3.63) is 59.1 Å². The summed E-state index contributed by atoms with van der Waals surface area (Å²) in [5.41, 5.74) is 3.21. The number of amides is 1. The van der Waals surface area contributed by atoms with E-state index < -0.39 is 0 Å². The maximum Gasteiger partial charge on any atom is 0.239 e. The molecule has 0 bridgehead atoms. The van der Waals surface area contributed by atoms with Gasteiger partial charge in [-0.2, -0.15) is 0 Å². The highest BCUT2D eigenvalue weighted by Crippen LogP contribution is 2.19. The third-order valence-electron chi connectivity index (χ3n) is 4.59. The van der Waals surface area contributed by atoms with Gasteiger partial charge in [-0.1, -0.05) is 23.7 Å². The number of hydrogen-bond donors (Lipinski definition) is 2. The third-order valence-corrected chi connectivity index (χ3v) is 4.84. The number of hydrogen-bond acceptors (Lipinski definition) is 4. The molecule has 2 aromatic rings. The maximum absolute atomic E-state index is 12.0. The van der Waals surface area contributed by atoms with Gasteiger partial charge >= 0.3 is 0 Å². The Morgan fingerprint density at radius 3 is 2.31 bits per heavy atom. The molecule has 0 saturated carbocycles. The second-order valence-corrected chi connectivity index (χ2v) is 7.03. The predicted octanol–water partition coefficient (Wildman–Crippen LogP) is 2.82. The molecule has 138 valence electrons. The molecule has 1 aliphatic heterocycles. The van der Waals surface area contributed by atoms with Gasteiger partial charge in [0.1, 0.15) is 0 Å². The van der Waals surface area contributed by atoms with Gasteiger partial charge in [-0.15, -0.1) is 0 Å². The van der Waals surface area contributed by atoms with E-state index >= 15 is 0 Å². The van der Waals surface area contributed by atoms with Crippen LogP contribution in [0.5, 0.6) is 0 Å². The Bertz CT molecular complexity index is 710. The van der Waals surface area contributed by atoms with E-state index in [0.717, 1.165) is 37.4 Å². The predicted molar refractivity (Wildman–Crippen MR) is 108 cm³/mol. The zero-order valence-corrected chi connectivity index (χ0v) is 15.8. The minimum absolute atomic E-state index is 0.0388. The Labute approximate surface area is 159 Å². The minimum atomic E-state index is -0.0388. The summed E-state index contributed by atoms with van der Waals surface area (Å²) in [5, 5.41) is 6.76. The van der Waals surface area contributed by atoms with Crippen LogP contribution < -0.4 is 15.5 Å². The van der Waals surface area contributed by atoms with Crippen molar-refractivity contribution in [2.24, 2.45) is 0 Å². The molecule has 1 fully saturated rings. The molecule has 2 N–H and O–H groups in total. The number of carbonyl (C=O) groups excluding carboxylic acids is 1. The van der Waals surface area contributed by atoms with E-state index in [2.05, 4.69) is 39.6 Å². The number of carbonyl (C=O) groups is 1. The maximum atomic E-state index is 12.0. The van der Waals surface area contributed by atoms with Crippen LogP contribution >= 0.6 is 11.6 Å². The lowest BCUT2D eigenvalue weighted by atomic mass is 10.2. The molecule has 26 heavy (non-hydrogen) atoms. The molecule has 1 amide bonds. The highest BCUT2D eigenvalue weighted by molar-refractivity contribution is 6.30. The minimum Gasteiger partial charge on any atom is -0.376 e. The summed E-state index contributed by atoms with van der Waals surface area (Å²) in [6.45, 7) is 5.04. The Hall–Kier alpha value is -2.24. The number of piperazine rings is 1. The van der Waals surface area contributed by atoms with Crippen LogP contribution in [-0.2, 0) is 11.3 Å². The van der Waals surface area contributed by atoms with E-state index in [9.17, 15) is 4.79 Å². The van der Waals surface area contributed by atoms with Crippen molar-refractivity contribution in [2.75, 3.05) is 50.0 Å². The molecule has 5 nitrogen and oxygen atoms in total. The van der Waals surface area contributed by atoms with E-state index in [1.54, 1.807) is 0 Å². The molecule has 1 heterocycles. The van der Waals surface area contributed by atoms with Crippen LogP contribution in [0.3, 0.4) is 0 Å². The van der Waals surface area contributed by atoms with Crippen molar-refractivity contribution < 1.29 is 4.79 Å². The fourth-order valence-electron chi connectivity index (χ4n) is 2.90. The summed E-state index contributed by atoms with van der Waals surface area (Å²) in [6.07, 6.45) is 0. The number of rotatable bonds is 6. The summed E-state index contributed by atoms with van der Waals surface area (Å²) in [6, 6.07) is 15.7. The van der Waals surface area contributed by atoms with E-state index in [0.29, 0.717) is 11.6 Å². The van der Waals surface area contributed by atoms with Gasteiger partial charge < -0.3 is 20.4 Å². The van der Waals surface area contributed by atoms with Crippen LogP contribution in [0.15, 0.2) is 48.5 Å². The smallest absolute Gasteiger partial charge is 0.239 e. The Morgan fingerprint density at radius 2 is 1.65 bits per heavy atom. The monoisotopic (exact) mass is 372 g/mol. The van der Waals surface area contributed by atoms with Crippen LogP contribution in [-0.4, -0.2) is 50.6 Å². The van der Waals surface area contributed by atoms with Crippen molar-refractivity contribution in [3.8, 4) is 0 Å². The number of halogens is 1. The molecule has 0 unspecified atom stereocenters. The molecule has 3 rings (SSSR count). The molecule has 0 radical (unpaired) electrons. The van der Waals surface area contributed by atoms with E-state index in [1.165, 1.54) is 5.69 Å². The van der Waals surface area contributed by atoms with Gasteiger partial charge in [-0.3, -0.25) is 4.79 Å². The average molecular weight is 373 g/mol. The molecule has 0 atom stereocenters. The molecular weight excluding hydrogens is 348 g/mol. The molecular formula is C20H25ClN4O. The van der Waals surface area contributed by atoms with Crippen molar-refractivity contribution in [1.29, 1.82) is 0 Å². The first kappa shape index (κ1) is 18.5. The van der Waals surface area contributed by atoms with Crippen molar-refractivity contribution in [2.45, 2.75) is 6.54 Å². The Balaban J connectivity index is 1.42. The normalized spacial score (nSPS) is 14.9. The molecule has 1 saturated heterocycles. The molecule has 1 aliphatic rings. The second-order valence-electron chi connectivity index (χ2n) is 6.59. The van der Waals surface area contributed by atoms with Crippen molar-refractivity contribution in [1.82, 2.24) is 10.2 Å². The van der Waals surface area contributed by atoms with Crippen LogP contribution in [0.2, 0.25) is 5.02 Å². The van der Waals surface area contributed by atoms with Gasteiger partial charge in [-0.05, 0) is 49.0 Å². The van der Waals surface area contributed by atoms with Crippen LogP contribution in [0.1, 0.15) is 5.56 Å². The molecule has 6 heteroatoms. The number of benzene rings is 2. The molecule has 0 aromatic heterocycles. The van der Waals surface area contributed by atoms with Gasteiger partial charge in [0, 0.05) is 49.1 Å². The van der Waals surface area contributed by atoms with E-state index in [1.807, 2.05) is 36.4 Å². The van der Waals surface area contributed by atoms with E-state index in [-0.39, 0.29) is 12.5 Å². The van der Waals surface area contributed by atoms with Gasteiger partial charge in [0.05, 0.1) is 6.54 Å². The summed E-state index contributed by atoms with van der Waals surface area (Å²) in [5.74, 6) is -0.0388. The van der Waals surface area contributed by atoms with Gasteiger partial charge in [-0.25, -0.2) is 0 Å². The van der Waals surface area contributed by atoms with Crippen LogP contribution in [0.25, 0.3) is 0 Å². The topological polar surface area (TPSA) is 47.6 Å². The Kier molecular flexibility index (Phi) is 6.36. The summed E-state index contributed by atoms with van der Waals surface area (Å²) in [7, 11) is 2.16. The lowest BCUT2D eigenvalue weighted by Crippen LogP contribution is -2.44. The van der Waals surface area contributed by atoms with Crippen molar-refractivity contribution >= 4 is 28.9 Å². The van der Waals surface area contributed by atoms with Gasteiger partial charge in [0.25, 0.3) is 0 Å².